The van der Waals surface area contributed by atoms with Crippen molar-refractivity contribution in [3.8, 4) is 6.07 Å². The number of halogens is 4. The van der Waals surface area contributed by atoms with E-state index in [1.165, 1.54) is 36.5 Å². The normalized spacial score (nSPS) is 19.6. The van der Waals surface area contributed by atoms with Crippen LogP contribution in [0.4, 0.5) is 24.7 Å². The quantitative estimate of drug-likeness (QED) is 0.405. The number of sulfonamides is 1. The SMILES string of the molecule is Cc1ccnc(N2[C@H](C(=O)N(c3cc(F)cc(C#N)c3)[C@@H](C(=O)NC3CC(F)(F)C3)c3ccccc3Cl)CCS2(=O)=O)c1. The van der Waals surface area contributed by atoms with Crippen LogP contribution in [0.15, 0.2) is 60.8 Å². The second kappa shape index (κ2) is 11.5. The topological polar surface area (TPSA) is 123 Å². The number of pyridine rings is 1. The Hall–Kier alpha value is -4.15. The Labute approximate surface area is 250 Å². The highest BCUT2D eigenvalue weighted by molar-refractivity contribution is 7.93. The molecule has 3 aromatic rings. The molecule has 1 saturated carbocycles. The molecule has 0 unspecified atom stereocenters. The van der Waals surface area contributed by atoms with E-state index in [0.717, 1.165) is 21.3 Å². The number of rotatable bonds is 7. The largest absolute Gasteiger partial charge is 0.351 e. The standard InChI is InChI=1S/C29H25ClF3N5O4S/c1-17-6-8-35-25(10-17)38-24(7-9-43(38,41)42)28(40)37(21-12-18(16-34)11-19(31)13-21)26(22-4-2-3-5-23(22)30)27(39)36-20-14-29(32,33)15-20/h2-6,8,10-13,20,24,26H,7,9,14-15H2,1H3,(H,36,39)/t24-,26+/m0/s1. The zero-order valence-electron chi connectivity index (χ0n) is 22.7. The second-order valence-corrected chi connectivity index (χ2v) is 12.9. The monoisotopic (exact) mass is 631 g/mol. The molecule has 2 aromatic carbocycles. The third kappa shape index (κ3) is 6.16. The van der Waals surface area contributed by atoms with Gasteiger partial charge in [-0.25, -0.2) is 30.9 Å². The third-order valence-electron chi connectivity index (χ3n) is 7.31. The fraction of sp³-hybridized carbons (Fsp3) is 0.310. The molecule has 5 rings (SSSR count). The minimum absolute atomic E-state index is 0.0248. The molecule has 1 aliphatic carbocycles. The molecule has 1 N–H and O–H groups in total. The predicted molar refractivity (Wildman–Crippen MR) is 153 cm³/mol. The summed E-state index contributed by atoms with van der Waals surface area (Å²) in [7, 11) is -4.05. The Morgan fingerprint density at radius 3 is 2.56 bits per heavy atom. The molecule has 0 radical (unpaired) electrons. The molecule has 2 aliphatic rings. The summed E-state index contributed by atoms with van der Waals surface area (Å²) in [5.74, 6) is -6.14. The van der Waals surface area contributed by atoms with Crippen LogP contribution in [0, 0.1) is 24.1 Å². The van der Waals surface area contributed by atoms with E-state index in [0.29, 0.717) is 5.56 Å². The van der Waals surface area contributed by atoms with E-state index in [1.54, 1.807) is 25.1 Å². The summed E-state index contributed by atoms with van der Waals surface area (Å²) < 4.78 is 69.4. The summed E-state index contributed by atoms with van der Waals surface area (Å²) >= 11 is 6.49. The minimum atomic E-state index is -4.05. The highest BCUT2D eigenvalue weighted by atomic mass is 35.5. The zero-order valence-corrected chi connectivity index (χ0v) is 24.2. The Morgan fingerprint density at radius 2 is 1.91 bits per heavy atom. The fourth-order valence-corrected chi connectivity index (χ4v) is 7.24. The van der Waals surface area contributed by atoms with Crippen molar-refractivity contribution < 1.29 is 31.2 Å². The highest BCUT2D eigenvalue weighted by Gasteiger charge is 2.49. The number of alkyl halides is 2. The first-order chi connectivity index (χ1) is 20.3. The number of benzene rings is 2. The van der Waals surface area contributed by atoms with Gasteiger partial charge in [0.25, 0.3) is 11.8 Å². The first-order valence-electron chi connectivity index (χ1n) is 13.2. The van der Waals surface area contributed by atoms with Gasteiger partial charge in [-0.2, -0.15) is 5.26 Å². The number of hydrogen-bond donors (Lipinski definition) is 1. The van der Waals surface area contributed by atoms with Gasteiger partial charge in [0.05, 0.1) is 17.4 Å². The van der Waals surface area contributed by atoms with Crippen LogP contribution in [-0.4, -0.2) is 49.0 Å². The lowest BCUT2D eigenvalue weighted by atomic mass is 9.87. The summed E-state index contributed by atoms with van der Waals surface area (Å²) in [5, 5.41) is 12.1. The summed E-state index contributed by atoms with van der Waals surface area (Å²) in [5.41, 5.74) is 0.331. The number of anilines is 2. The predicted octanol–water partition coefficient (Wildman–Crippen LogP) is 4.65. The highest BCUT2D eigenvalue weighted by Crippen LogP contribution is 2.40. The number of amides is 2. The van der Waals surface area contributed by atoms with Gasteiger partial charge < -0.3 is 5.32 Å². The second-order valence-electron chi connectivity index (χ2n) is 10.5. The fourth-order valence-electron chi connectivity index (χ4n) is 5.32. The van der Waals surface area contributed by atoms with Crippen LogP contribution in [0.1, 0.15) is 42.0 Å². The van der Waals surface area contributed by atoms with Crippen molar-refractivity contribution >= 4 is 44.9 Å². The van der Waals surface area contributed by atoms with Gasteiger partial charge in [0.15, 0.2) is 0 Å². The molecule has 9 nitrogen and oxygen atoms in total. The molecule has 2 fully saturated rings. The van der Waals surface area contributed by atoms with Gasteiger partial charge in [0.2, 0.25) is 15.9 Å². The van der Waals surface area contributed by atoms with Gasteiger partial charge in [-0.15, -0.1) is 0 Å². The van der Waals surface area contributed by atoms with Crippen LogP contribution in [0.25, 0.3) is 0 Å². The average molecular weight is 632 g/mol. The average Bonchev–Trinajstić information content (AvgIpc) is 3.25. The van der Waals surface area contributed by atoms with Crippen molar-refractivity contribution in [1.29, 1.82) is 5.26 Å². The van der Waals surface area contributed by atoms with Gasteiger partial charge in [0, 0.05) is 41.4 Å². The van der Waals surface area contributed by atoms with Crippen molar-refractivity contribution in [2.45, 2.75) is 50.2 Å². The van der Waals surface area contributed by atoms with Crippen molar-refractivity contribution in [2.24, 2.45) is 0 Å². The van der Waals surface area contributed by atoms with E-state index in [4.69, 9.17) is 11.6 Å². The maximum atomic E-state index is 14.8. The van der Waals surface area contributed by atoms with E-state index >= 15 is 0 Å². The Balaban J connectivity index is 1.67. The van der Waals surface area contributed by atoms with Crippen LogP contribution in [0.5, 0.6) is 0 Å². The van der Waals surface area contributed by atoms with Crippen LogP contribution in [-0.2, 0) is 19.6 Å². The molecule has 1 saturated heterocycles. The third-order valence-corrected chi connectivity index (χ3v) is 9.45. The molecule has 1 aromatic heterocycles. The van der Waals surface area contributed by atoms with Crippen LogP contribution in [0.2, 0.25) is 5.02 Å². The lowest BCUT2D eigenvalue weighted by molar-refractivity contribution is -0.133. The maximum Gasteiger partial charge on any atom is 0.252 e. The van der Waals surface area contributed by atoms with Crippen molar-refractivity contribution in [2.75, 3.05) is 15.0 Å². The molecule has 43 heavy (non-hydrogen) atoms. The van der Waals surface area contributed by atoms with Gasteiger partial charge in [-0.05, 0) is 55.3 Å². The molecule has 224 valence electrons. The number of aromatic nitrogens is 1. The van der Waals surface area contributed by atoms with Crippen LogP contribution >= 0.6 is 11.6 Å². The van der Waals surface area contributed by atoms with Crippen LogP contribution < -0.4 is 14.5 Å². The number of hydrogen-bond acceptors (Lipinski definition) is 6. The maximum absolute atomic E-state index is 14.8. The summed E-state index contributed by atoms with van der Waals surface area (Å²) in [6, 6.07) is 9.98. The Bertz CT molecular complexity index is 1740. The van der Waals surface area contributed by atoms with E-state index in [9.17, 15) is 36.4 Å². The lowest BCUT2D eigenvalue weighted by Crippen LogP contribution is -2.56. The summed E-state index contributed by atoms with van der Waals surface area (Å²) in [4.78, 5) is 33.5. The first-order valence-corrected chi connectivity index (χ1v) is 15.2. The molecule has 1 aliphatic heterocycles. The van der Waals surface area contributed by atoms with Crippen molar-refractivity contribution in [3.63, 3.8) is 0 Å². The smallest absolute Gasteiger partial charge is 0.252 e. The van der Waals surface area contributed by atoms with Gasteiger partial charge in [0.1, 0.15) is 23.7 Å². The molecular formula is C29H25ClF3N5O4S. The van der Waals surface area contributed by atoms with E-state index < -0.39 is 70.3 Å². The number of carbonyl (C=O) groups is 2. The van der Waals surface area contributed by atoms with Gasteiger partial charge in [-0.3, -0.25) is 14.5 Å². The molecule has 14 heteroatoms. The van der Waals surface area contributed by atoms with E-state index in [1.807, 2.05) is 0 Å². The van der Waals surface area contributed by atoms with Crippen molar-refractivity contribution in [1.82, 2.24) is 10.3 Å². The zero-order chi connectivity index (χ0) is 31.1. The molecule has 2 atom stereocenters. The number of aryl methyl sites for hydroxylation is 1. The van der Waals surface area contributed by atoms with Crippen LogP contribution in [0.3, 0.4) is 0 Å². The van der Waals surface area contributed by atoms with Gasteiger partial charge in [-0.1, -0.05) is 29.8 Å². The lowest BCUT2D eigenvalue weighted by Gasteiger charge is -2.39. The number of nitriles is 1. The van der Waals surface area contributed by atoms with E-state index in [-0.39, 0.29) is 34.1 Å². The number of nitrogens with one attached hydrogen (secondary N) is 1. The Kier molecular flexibility index (Phi) is 8.11. The molecule has 0 spiro atoms. The molecule has 0 bridgehead atoms. The van der Waals surface area contributed by atoms with Gasteiger partial charge >= 0.3 is 0 Å². The number of carbonyl (C=O) groups excluding carboxylic acids is 2. The first kappa shape index (κ1) is 30.3. The minimum Gasteiger partial charge on any atom is -0.351 e. The Morgan fingerprint density at radius 1 is 1.19 bits per heavy atom. The van der Waals surface area contributed by atoms with E-state index in [2.05, 4.69) is 10.3 Å². The summed E-state index contributed by atoms with van der Waals surface area (Å²) in [6.45, 7) is 1.72. The molecule has 2 heterocycles. The van der Waals surface area contributed by atoms with Crippen molar-refractivity contribution in [3.05, 3.63) is 88.3 Å². The number of nitrogens with zero attached hydrogens (tertiary/aromatic N) is 4. The molecular weight excluding hydrogens is 607 g/mol. The summed E-state index contributed by atoms with van der Waals surface area (Å²) in [6.07, 6.45) is -0.0420. The molecule has 2 amide bonds.